The van der Waals surface area contributed by atoms with Gasteiger partial charge in [-0.25, -0.2) is 9.37 Å². The third kappa shape index (κ3) is 4.05. The lowest BCUT2D eigenvalue weighted by molar-refractivity contribution is 0.0950. The highest BCUT2D eigenvalue weighted by molar-refractivity contribution is 7.24. The number of hydrogen-bond acceptors (Lipinski definition) is 7. The summed E-state index contributed by atoms with van der Waals surface area (Å²) < 4.78 is 21.8. The molecule has 2 aliphatic heterocycles. The van der Waals surface area contributed by atoms with Gasteiger partial charge in [-0.2, -0.15) is 0 Å². The molecule has 0 aliphatic carbocycles. The van der Waals surface area contributed by atoms with E-state index in [4.69, 9.17) is 9.72 Å². The summed E-state index contributed by atoms with van der Waals surface area (Å²) in [5.41, 5.74) is 1.26. The van der Waals surface area contributed by atoms with Gasteiger partial charge in [0.15, 0.2) is 5.65 Å². The number of nitrogens with zero attached hydrogens (tertiary/aromatic N) is 4. The number of alkyl halides is 1. The minimum Gasteiger partial charge on any atom is -0.378 e. The molecule has 2 saturated heterocycles. The lowest BCUT2D eigenvalue weighted by Gasteiger charge is -2.28. The molecule has 35 heavy (non-hydrogen) atoms. The summed E-state index contributed by atoms with van der Waals surface area (Å²) in [6.07, 6.45) is -0.272. The van der Waals surface area contributed by atoms with E-state index in [0.29, 0.717) is 61.7 Å². The molecule has 1 N–H and O–H groups in total. The van der Waals surface area contributed by atoms with E-state index < -0.39 is 12.1 Å². The zero-order chi connectivity index (χ0) is 23.9. The van der Waals surface area contributed by atoms with Crippen LogP contribution in [0.25, 0.3) is 26.1 Å². The van der Waals surface area contributed by atoms with Gasteiger partial charge in [-0.15, -0.1) is 11.3 Å². The molecule has 1 amide bonds. The van der Waals surface area contributed by atoms with Crippen molar-refractivity contribution in [2.75, 3.05) is 57.4 Å². The van der Waals surface area contributed by atoms with Crippen LogP contribution in [0, 0.1) is 0 Å². The fourth-order valence-electron chi connectivity index (χ4n) is 4.95. The Morgan fingerprint density at radius 2 is 2.00 bits per heavy atom. The molecule has 10 heteroatoms. The first-order chi connectivity index (χ1) is 17.1. The molecular formula is C25H26FN5O3S. The number of anilines is 1. The average molecular weight is 496 g/mol. The van der Waals surface area contributed by atoms with Crippen molar-refractivity contribution in [2.24, 2.45) is 0 Å². The molecule has 0 radical (unpaired) electrons. The predicted molar refractivity (Wildman–Crippen MR) is 136 cm³/mol. The first kappa shape index (κ1) is 22.4. The molecule has 6 rings (SSSR count). The maximum atomic E-state index is 13.6. The van der Waals surface area contributed by atoms with E-state index in [0.717, 1.165) is 29.1 Å². The van der Waals surface area contributed by atoms with Crippen molar-refractivity contribution in [3.05, 3.63) is 52.2 Å². The molecule has 0 bridgehead atoms. The van der Waals surface area contributed by atoms with Crippen molar-refractivity contribution in [1.82, 2.24) is 19.6 Å². The van der Waals surface area contributed by atoms with Crippen LogP contribution in [0.1, 0.15) is 16.8 Å². The smallest absolute Gasteiger partial charge is 0.258 e. The van der Waals surface area contributed by atoms with E-state index in [1.807, 2.05) is 39.6 Å². The lowest BCUT2D eigenvalue weighted by atomic mass is 10.1. The largest absolute Gasteiger partial charge is 0.378 e. The van der Waals surface area contributed by atoms with E-state index in [2.05, 4.69) is 10.2 Å². The van der Waals surface area contributed by atoms with Gasteiger partial charge in [-0.1, -0.05) is 12.1 Å². The number of rotatable bonds is 5. The zero-order valence-electron chi connectivity index (χ0n) is 19.2. The van der Waals surface area contributed by atoms with E-state index in [1.54, 1.807) is 6.07 Å². The number of pyridine rings is 2. The van der Waals surface area contributed by atoms with Crippen LogP contribution in [0.4, 0.5) is 10.2 Å². The molecule has 2 fully saturated rings. The maximum absolute atomic E-state index is 13.6. The second-order valence-electron chi connectivity index (χ2n) is 9.00. The van der Waals surface area contributed by atoms with Gasteiger partial charge in [-0.05, 0) is 30.7 Å². The van der Waals surface area contributed by atoms with Gasteiger partial charge >= 0.3 is 0 Å². The second-order valence-corrected chi connectivity index (χ2v) is 10.0. The van der Waals surface area contributed by atoms with Crippen LogP contribution in [-0.2, 0) is 4.74 Å². The zero-order valence-corrected chi connectivity index (χ0v) is 20.0. The molecule has 1 atom stereocenters. The van der Waals surface area contributed by atoms with Gasteiger partial charge in [0.1, 0.15) is 22.4 Å². The second kappa shape index (κ2) is 9.18. The van der Waals surface area contributed by atoms with Crippen molar-refractivity contribution in [3.63, 3.8) is 0 Å². The number of thiazole rings is 1. The normalized spacial score (nSPS) is 19.2. The highest BCUT2D eigenvalue weighted by atomic mass is 32.1. The minimum atomic E-state index is -0.802. The summed E-state index contributed by atoms with van der Waals surface area (Å²) >= 11 is 1.41. The lowest BCUT2D eigenvalue weighted by Crippen LogP contribution is -2.37. The quantitative estimate of drug-likeness (QED) is 0.459. The van der Waals surface area contributed by atoms with Gasteiger partial charge < -0.3 is 15.0 Å². The van der Waals surface area contributed by atoms with Gasteiger partial charge in [0.25, 0.3) is 5.91 Å². The predicted octanol–water partition coefficient (Wildman–Crippen LogP) is 2.67. The van der Waals surface area contributed by atoms with Crippen molar-refractivity contribution in [1.29, 1.82) is 0 Å². The monoisotopic (exact) mass is 495 g/mol. The van der Waals surface area contributed by atoms with Crippen LogP contribution in [0.2, 0.25) is 0 Å². The average Bonchev–Trinajstić information content (AvgIpc) is 3.47. The molecule has 0 saturated carbocycles. The molecule has 0 spiro atoms. The maximum Gasteiger partial charge on any atom is 0.258 e. The van der Waals surface area contributed by atoms with Crippen LogP contribution in [0.15, 0.2) is 41.2 Å². The summed E-state index contributed by atoms with van der Waals surface area (Å²) in [5, 5.41) is 3.30. The van der Waals surface area contributed by atoms with Crippen LogP contribution >= 0.6 is 11.3 Å². The Bertz CT molecular complexity index is 1480. The summed E-state index contributed by atoms with van der Waals surface area (Å²) in [4.78, 5) is 36.5. The third-order valence-corrected chi connectivity index (χ3v) is 7.91. The fourth-order valence-corrected chi connectivity index (χ4v) is 6.13. The first-order valence-electron chi connectivity index (χ1n) is 11.9. The standard InChI is InChI=1S/C25H26FN5O3S/c26-16-7-9-29(15-16)10-8-27-24(33)21-22(32)17-5-6-20(30-11-13-34-14-12-30)28-23(17)31-18-3-1-2-4-19(18)35-25(21)31/h1-6,16H,7-15H2,(H,27,33). The molecule has 182 valence electrons. The molecule has 1 aromatic carbocycles. The summed E-state index contributed by atoms with van der Waals surface area (Å²) in [6.45, 7) is 4.75. The van der Waals surface area contributed by atoms with Gasteiger partial charge in [0.05, 0.1) is 28.8 Å². The van der Waals surface area contributed by atoms with Gasteiger partial charge in [0, 0.05) is 39.3 Å². The molecule has 4 aromatic rings. The Balaban J connectivity index is 1.44. The number of aromatic nitrogens is 2. The summed E-state index contributed by atoms with van der Waals surface area (Å²) in [7, 11) is 0. The summed E-state index contributed by atoms with van der Waals surface area (Å²) in [6, 6.07) is 11.5. The first-order valence-corrected chi connectivity index (χ1v) is 12.8. The number of hydrogen-bond donors (Lipinski definition) is 1. The van der Waals surface area contributed by atoms with E-state index in [9.17, 15) is 14.0 Å². The number of benzene rings is 1. The molecule has 2 aliphatic rings. The number of likely N-dealkylation sites (tertiary alicyclic amines) is 1. The Morgan fingerprint density at radius 3 is 2.80 bits per heavy atom. The number of fused-ring (bicyclic) bond motifs is 5. The summed E-state index contributed by atoms with van der Waals surface area (Å²) in [5.74, 6) is 0.382. The highest BCUT2D eigenvalue weighted by Crippen LogP contribution is 2.31. The molecule has 5 heterocycles. The number of nitrogens with one attached hydrogen (secondary N) is 1. The van der Waals surface area contributed by atoms with Crippen LogP contribution in [0.5, 0.6) is 0 Å². The Kier molecular flexibility index (Phi) is 5.87. The number of carbonyl (C=O) groups excluding carboxylic acids is 1. The van der Waals surface area contributed by atoms with Crippen LogP contribution in [-0.4, -0.2) is 78.8 Å². The Labute approximate surface area is 204 Å². The number of amides is 1. The van der Waals surface area contributed by atoms with E-state index in [-0.39, 0.29) is 11.0 Å². The van der Waals surface area contributed by atoms with Crippen molar-refractivity contribution >= 4 is 49.1 Å². The van der Waals surface area contributed by atoms with Crippen LogP contribution < -0.4 is 15.6 Å². The van der Waals surface area contributed by atoms with E-state index in [1.165, 1.54) is 11.3 Å². The highest BCUT2D eigenvalue weighted by Gasteiger charge is 2.25. The number of para-hydroxylation sites is 1. The molecule has 8 nitrogen and oxygen atoms in total. The third-order valence-electron chi connectivity index (χ3n) is 6.76. The Morgan fingerprint density at radius 1 is 1.17 bits per heavy atom. The van der Waals surface area contributed by atoms with E-state index >= 15 is 0 Å². The molecule has 1 unspecified atom stereocenters. The minimum absolute atomic E-state index is 0.129. The van der Waals surface area contributed by atoms with Gasteiger partial charge in [0.2, 0.25) is 5.43 Å². The number of halogens is 1. The SMILES string of the molecule is O=C(NCCN1CCC(F)C1)c1c(=O)c2ccc(N3CCOCC3)nc2n2c1sc1ccccc12. The topological polar surface area (TPSA) is 79.2 Å². The van der Waals surface area contributed by atoms with Crippen molar-refractivity contribution in [3.8, 4) is 0 Å². The fraction of sp³-hybridized carbons (Fsp3) is 0.400. The van der Waals surface area contributed by atoms with Crippen molar-refractivity contribution in [2.45, 2.75) is 12.6 Å². The van der Waals surface area contributed by atoms with Gasteiger partial charge in [-0.3, -0.25) is 18.9 Å². The number of morpholine rings is 1. The number of carbonyl (C=O) groups is 1. The number of ether oxygens (including phenoxy) is 1. The molecular weight excluding hydrogens is 469 g/mol. The molecule has 3 aromatic heterocycles. The Hall–Kier alpha value is -3.08. The van der Waals surface area contributed by atoms with Crippen molar-refractivity contribution < 1.29 is 13.9 Å². The van der Waals surface area contributed by atoms with Crippen LogP contribution in [0.3, 0.4) is 0 Å².